The Morgan fingerprint density at radius 2 is 1.87 bits per heavy atom. The number of nitriles is 1. The first kappa shape index (κ1) is 9.81. The Morgan fingerprint density at radius 1 is 1.13 bits per heavy atom. The molecule has 0 aliphatic carbocycles. The highest BCUT2D eigenvalue weighted by atomic mass is 79.9. The minimum absolute atomic E-state index is 0.351. The van der Waals surface area contributed by atoms with Crippen LogP contribution in [-0.4, -0.2) is 9.97 Å². The fourth-order valence-electron chi connectivity index (χ4n) is 1.25. The minimum atomic E-state index is 0.351. The van der Waals surface area contributed by atoms with Crippen molar-refractivity contribution < 1.29 is 0 Å². The maximum Gasteiger partial charge on any atom is 0.158 e. The molecule has 1 aromatic carbocycles. The third-order valence-corrected chi connectivity index (χ3v) is 2.69. The average Bonchev–Trinajstić information content (AvgIpc) is 2.30. The topological polar surface area (TPSA) is 49.6 Å². The van der Waals surface area contributed by atoms with Crippen LogP contribution in [0.1, 0.15) is 5.69 Å². The van der Waals surface area contributed by atoms with Gasteiger partial charge < -0.3 is 0 Å². The van der Waals surface area contributed by atoms with Gasteiger partial charge in [0.1, 0.15) is 12.4 Å². The van der Waals surface area contributed by atoms with Crippen molar-refractivity contribution in [3.8, 4) is 17.3 Å². The Labute approximate surface area is 95.6 Å². The first-order valence-corrected chi connectivity index (χ1v) is 5.08. The molecule has 0 fully saturated rings. The fraction of sp³-hybridized carbons (Fsp3) is 0. The van der Waals surface area contributed by atoms with Crippen molar-refractivity contribution in [3.63, 3.8) is 0 Å². The number of nitrogens with zero attached hydrogens (tertiary/aromatic N) is 3. The summed E-state index contributed by atoms with van der Waals surface area (Å²) in [5.74, 6) is 0. The largest absolute Gasteiger partial charge is 0.235 e. The zero-order valence-corrected chi connectivity index (χ0v) is 9.27. The summed E-state index contributed by atoms with van der Waals surface area (Å²) in [4.78, 5) is 8.01. The second kappa shape index (κ2) is 4.20. The lowest BCUT2D eigenvalue weighted by Gasteiger charge is -2.03. The molecular weight excluding hydrogens is 254 g/mol. The van der Waals surface area contributed by atoms with Crippen molar-refractivity contribution in [3.05, 3.63) is 46.8 Å². The first-order valence-electron chi connectivity index (χ1n) is 4.29. The minimum Gasteiger partial charge on any atom is -0.235 e. The molecule has 0 spiro atoms. The molecule has 1 aromatic heterocycles. The molecule has 0 amide bonds. The van der Waals surface area contributed by atoms with Gasteiger partial charge in [0, 0.05) is 5.56 Å². The van der Waals surface area contributed by atoms with E-state index in [4.69, 9.17) is 5.26 Å². The van der Waals surface area contributed by atoms with E-state index in [0.29, 0.717) is 10.2 Å². The van der Waals surface area contributed by atoms with Gasteiger partial charge in [0.2, 0.25) is 0 Å². The molecule has 0 atom stereocenters. The lowest BCUT2D eigenvalue weighted by atomic mass is 10.1. The van der Waals surface area contributed by atoms with Gasteiger partial charge in [0.15, 0.2) is 5.69 Å². The van der Waals surface area contributed by atoms with Crippen LogP contribution in [0.2, 0.25) is 0 Å². The first-order chi connectivity index (χ1) is 7.33. The predicted molar refractivity (Wildman–Crippen MR) is 59.9 cm³/mol. The number of aromatic nitrogens is 2. The Kier molecular flexibility index (Phi) is 2.75. The maximum absolute atomic E-state index is 8.82. The van der Waals surface area contributed by atoms with Crippen molar-refractivity contribution in [1.82, 2.24) is 9.97 Å². The van der Waals surface area contributed by atoms with Crippen LogP contribution in [0.3, 0.4) is 0 Å². The summed E-state index contributed by atoms with van der Waals surface area (Å²) in [5, 5.41) is 8.82. The molecule has 2 rings (SSSR count). The van der Waals surface area contributed by atoms with Gasteiger partial charge in [-0.1, -0.05) is 30.3 Å². The monoisotopic (exact) mass is 259 g/mol. The van der Waals surface area contributed by atoms with Gasteiger partial charge in [0.25, 0.3) is 0 Å². The summed E-state index contributed by atoms with van der Waals surface area (Å²) in [6.45, 7) is 0. The van der Waals surface area contributed by atoms with E-state index in [9.17, 15) is 0 Å². The molecule has 0 N–H and O–H groups in total. The van der Waals surface area contributed by atoms with Gasteiger partial charge in [0.05, 0.1) is 10.2 Å². The molecule has 4 heteroatoms. The van der Waals surface area contributed by atoms with E-state index in [-0.39, 0.29) is 0 Å². The van der Waals surface area contributed by atoms with E-state index < -0.39 is 0 Å². The highest BCUT2D eigenvalue weighted by molar-refractivity contribution is 9.10. The number of halogens is 1. The second-order valence-corrected chi connectivity index (χ2v) is 3.66. The summed E-state index contributed by atoms with van der Waals surface area (Å²) in [7, 11) is 0. The Bertz CT molecular complexity index is 517. The molecule has 0 unspecified atom stereocenters. The molecule has 0 aliphatic rings. The SMILES string of the molecule is N#Cc1ncnc(-c2ccccc2)c1Br. The third kappa shape index (κ3) is 1.88. The van der Waals surface area contributed by atoms with E-state index in [1.54, 1.807) is 0 Å². The van der Waals surface area contributed by atoms with Crippen LogP contribution in [0.25, 0.3) is 11.3 Å². The van der Waals surface area contributed by atoms with Crippen molar-refractivity contribution >= 4 is 15.9 Å². The van der Waals surface area contributed by atoms with Crippen LogP contribution in [-0.2, 0) is 0 Å². The molecule has 0 aliphatic heterocycles. The third-order valence-electron chi connectivity index (χ3n) is 1.94. The summed E-state index contributed by atoms with van der Waals surface area (Å²) in [6, 6.07) is 11.7. The summed E-state index contributed by atoms with van der Waals surface area (Å²) < 4.78 is 0.638. The molecule has 72 valence electrons. The Morgan fingerprint density at radius 3 is 2.53 bits per heavy atom. The van der Waals surface area contributed by atoms with E-state index in [2.05, 4.69) is 25.9 Å². The van der Waals surface area contributed by atoms with E-state index in [1.807, 2.05) is 36.4 Å². The van der Waals surface area contributed by atoms with Crippen molar-refractivity contribution in [1.29, 1.82) is 5.26 Å². The number of benzene rings is 1. The van der Waals surface area contributed by atoms with Gasteiger partial charge in [-0.2, -0.15) is 5.26 Å². The lowest BCUT2D eigenvalue weighted by Crippen LogP contribution is -1.91. The highest BCUT2D eigenvalue weighted by Gasteiger charge is 2.09. The molecule has 0 radical (unpaired) electrons. The van der Waals surface area contributed by atoms with Gasteiger partial charge in [-0.05, 0) is 15.9 Å². The standard InChI is InChI=1S/C11H6BrN3/c12-10-9(6-13)14-7-15-11(10)8-4-2-1-3-5-8/h1-5,7H. The van der Waals surface area contributed by atoms with E-state index in [1.165, 1.54) is 6.33 Å². The van der Waals surface area contributed by atoms with Crippen molar-refractivity contribution in [2.75, 3.05) is 0 Å². The van der Waals surface area contributed by atoms with Gasteiger partial charge in [-0.3, -0.25) is 0 Å². The number of hydrogen-bond acceptors (Lipinski definition) is 3. The van der Waals surface area contributed by atoms with Gasteiger partial charge in [-0.15, -0.1) is 0 Å². The van der Waals surface area contributed by atoms with Crippen LogP contribution in [0, 0.1) is 11.3 Å². The summed E-state index contributed by atoms with van der Waals surface area (Å²) >= 11 is 3.33. The van der Waals surface area contributed by atoms with Crippen LogP contribution in [0.4, 0.5) is 0 Å². The van der Waals surface area contributed by atoms with Crippen LogP contribution < -0.4 is 0 Å². The average molecular weight is 260 g/mol. The van der Waals surface area contributed by atoms with Crippen molar-refractivity contribution in [2.24, 2.45) is 0 Å². The summed E-state index contributed by atoms with van der Waals surface area (Å²) in [6.07, 6.45) is 1.39. The predicted octanol–water partition coefficient (Wildman–Crippen LogP) is 2.78. The smallest absolute Gasteiger partial charge is 0.158 e. The molecular formula is C11H6BrN3. The van der Waals surface area contributed by atoms with Crippen LogP contribution >= 0.6 is 15.9 Å². The Hall–Kier alpha value is -1.73. The molecule has 2 aromatic rings. The van der Waals surface area contributed by atoms with E-state index in [0.717, 1.165) is 11.3 Å². The zero-order valence-electron chi connectivity index (χ0n) is 7.68. The molecule has 0 saturated heterocycles. The quantitative estimate of drug-likeness (QED) is 0.792. The van der Waals surface area contributed by atoms with Crippen molar-refractivity contribution in [2.45, 2.75) is 0 Å². The molecule has 0 bridgehead atoms. The molecule has 1 heterocycles. The van der Waals surface area contributed by atoms with E-state index >= 15 is 0 Å². The maximum atomic E-state index is 8.82. The second-order valence-electron chi connectivity index (χ2n) is 2.86. The molecule has 0 saturated carbocycles. The fourth-order valence-corrected chi connectivity index (χ4v) is 1.77. The molecule has 3 nitrogen and oxygen atoms in total. The normalized spacial score (nSPS) is 9.60. The molecule has 15 heavy (non-hydrogen) atoms. The Balaban J connectivity index is 2.61. The zero-order chi connectivity index (χ0) is 10.7. The highest BCUT2D eigenvalue weighted by Crippen LogP contribution is 2.26. The van der Waals surface area contributed by atoms with Crippen LogP contribution in [0.15, 0.2) is 41.1 Å². The van der Waals surface area contributed by atoms with Crippen LogP contribution in [0.5, 0.6) is 0 Å². The number of rotatable bonds is 1. The van der Waals surface area contributed by atoms with Gasteiger partial charge in [-0.25, -0.2) is 9.97 Å². The summed E-state index contributed by atoms with van der Waals surface area (Å²) in [5.41, 5.74) is 2.05. The lowest BCUT2D eigenvalue weighted by molar-refractivity contribution is 1.13. The van der Waals surface area contributed by atoms with Gasteiger partial charge >= 0.3 is 0 Å². The number of hydrogen-bond donors (Lipinski definition) is 0.